The summed E-state index contributed by atoms with van der Waals surface area (Å²) in [6.45, 7) is 0.698. The van der Waals surface area contributed by atoms with Crippen LogP contribution < -0.4 is 5.43 Å². The molecule has 0 saturated carbocycles. The van der Waals surface area contributed by atoms with Gasteiger partial charge in [-0.05, 0) is 25.1 Å². The minimum atomic E-state index is -1.76. The van der Waals surface area contributed by atoms with E-state index < -0.39 is 79.0 Å². The average molecular weight is 579 g/mol. The quantitative estimate of drug-likeness (QED) is 0.175. The second-order valence-electron chi connectivity index (χ2n) is 10.1. The molecule has 2 saturated heterocycles. The minimum Gasteiger partial charge on any atom is -0.508 e. The Labute approximate surface area is 231 Å². The Kier molecular flexibility index (Phi) is 7.95. The fraction of sp³-hybridized carbons (Fsp3) is 0.444. The molecule has 1 aromatic heterocycles. The smallest absolute Gasteiger partial charge is 0.197 e. The van der Waals surface area contributed by atoms with Gasteiger partial charge in [-0.2, -0.15) is 0 Å². The first kappa shape index (κ1) is 29.2. The molecule has 3 aromatic rings. The zero-order valence-electron chi connectivity index (χ0n) is 21.5. The van der Waals surface area contributed by atoms with Crippen LogP contribution in [-0.2, 0) is 14.2 Å². The van der Waals surface area contributed by atoms with E-state index >= 15 is 0 Å². The summed E-state index contributed by atoms with van der Waals surface area (Å²) in [6, 6.07) is 7.17. The largest absolute Gasteiger partial charge is 0.508 e. The number of phenols is 3. The van der Waals surface area contributed by atoms with E-state index in [1.165, 1.54) is 25.1 Å². The van der Waals surface area contributed by atoms with E-state index in [4.69, 9.17) is 18.6 Å². The summed E-state index contributed by atoms with van der Waals surface area (Å²) in [6.07, 6.45) is -15.2. The van der Waals surface area contributed by atoms with Crippen molar-refractivity contribution < 1.29 is 64.6 Å². The summed E-state index contributed by atoms with van der Waals surface area (Å²) in [5, 5.41) is 92.4. The van der Waals surface area contributed by atoms with Gasteiger partial charge in [-0.3, -0.25) is 4.79 Å². The highest BCUT2D eigenvalue weighted by molar-refractivity contribution is 5.86. The minimum absolute atomic E-state index is 0.0294. The highest BCUT2D eigenvalue weighted by Gasteiger charge is 2.50. The second-order valence-corrected chi connectivity index (χ2v) is 10.1. The Morgan fingerprint density at radius 2 is 1.56 bits per heavy atom. The lowest BCUT2D eigenvalue weighted by Gasteiger charge is -2.46. The first-order valence-corrected chi connectivity index (χ1v) is 12.7. The van der Waals surface area contributed by atoms with Crippen molar-refractivity contribution in [1.82, 2.24) is 0 Å². The normalized spacial score (nSPS) is 34.1. The summed E-state index contributed by atoms with van der Waals surface area (Å²) < 4.78 is 22.8. The predicted molar refractivity (Wildman–Crippen MR) is 137 cm³/mol. The van der Waals surface area contributed by atoms with Crippen LogP contribution in [0.2, 0.25) is 0 Å². The number of hydrogen-bond acceptors (Lipinski definition) is 14. The Bertz CT molecular complexity index is 1470. The number of aromatic hydroxyl groups is 3. The summed E-state index contributed by atoms with van der Waals surface area (Å²) in [4.78, 5) is 12.7. The molecule has 14 heteroatoms. The van der Waals surface area contributed by atoms with Gasteiger partial charge in [0.15, 0.2) is 11.7 Å². The molecule has 0 bridgehead atoms. The van der Waals surface area contributed by atoms with Gasteiger partial charge in [0, 0.05) is 29.3 Å². The predicted octanol–water partition coefficient (Wildman–Crippen LogP) is -1.06. The van der Waals surface area contributed by atoms with Crippen molar-refractivity contribution in [2.45, 2.75) is 68.1 Å². The van der Waals surface area contributed by atoms with Gasteiger partial charge in [-0.15, -0.1) is 0 Å². The number of rotatable bonds is 5. The molecule has 10 atom stereocenters. The lowest BCUT2D eigenvalue weighted by molar-refractivity contribution is -0.338. The molecule has 3 heterocycles. The number of aliphatic hydroxyl groups excluding tert-OH is 6. The van der Waals surface area contributed by atoms with Gasteiger partial charge < -0.3 is 64.6 Å². The van der Waals surface area contributed by atoms with Crippen molar-refractivity contribution in [3.63, 3.8) is 0 Å². The molecule has 0 amide bonds. The summed E-state index contributed by atoms with van der Waals surface area (Å²) in [5.74, 6) is -1.24. The molecule has 2 aromatic carbocycles. The Hall–Kier alpha value is -3.31. The van der Waals surface area contributed by atoms with Crippen LogP contribution in [0.15, 0.2) is 45.6 Å². The number of hydrogen-bond donors (Lipinski definition) is 9. The van der Waals surface area contributed by atoms with E-state index in [-0.39, 0.29) is 39.4 Å². The number of fused-ring (bicyclic) bond motifs is 1. The lowest BCUT2D eigenvalue weighted by atomic mass is 9.89. The van der Waals surface area contributed by atoms with E-state index in [9.17, 15) is 50.8 Å². The zero-order chi connectivity index (χ0) is 29.7. The molecular formula is C27H30O14. The third-order valence-electron chi connectivity index (χ3n) is 7.38. The summed E-state index contributed by atoms with van der Waals surface area (Å²) >= 11 is 0. The topological polar surface area (TPSA) is 240 Å². The monoisotopic (exact) mass is 578 g/mol. The van der Waals surface area contributed by atoms with E-state index in [0.717, 1.165) is 18.2 Å². The summed E-state index contributed by atoms with van der Waals surface area (Å²) in [7, 11) is 0. The van der Waals surface area contributed by atoms with Crippen LogP contribution in [-0.4, -0.2) is 108 Å². The van der Waals surface area contributed by atoms with Crippen molar-refractivity contribution in [2.24, 2.45) is 0 Å². The SMILES string of the molecule is CC1OC(OC2C(c3cc(-c4cc(=O)c5c(O)cc(O)cc5o4)ccc3O)OC(CO)C(O)C2O)C(O)C(O)C1O. The van der Waals surface area contributed by atoms with Crippen LogP contribution in [0, 0.1) is 0 Å². The van der Waals surface area contributed by atoms with Gasteiger partial charge in [0.2, 0.25) is 0 Å². The van der Waals surface area contributed by atoms with Crippen molar-refractivity contribution in [3.8, 4) is 28.6 Å². The maximum atomic E-state index is 12.7. The highest BCUT2D eigenvalue weighted by Crippen LogP contribution is 2.41. The van der Waals surface area contributed by atoms with Crippen LogP contribution in [0.1, 0.15) is 18.6 Å². The maximum Gasteiger partial charge on any atom is 0.197 e. The van der Waals surface area contributed by atoms with Crippen LogP contribution >= 0.6 is 0 Å². The first-order valence-electron chi connectivity index (χ1n) is 12.7. The van der Waals surface area contributed by atoms with Crippen LogP contribution in [0.4, 0.5) is 0 Å². The van der Waals surface area contributed by atoms with Crippen LogP contribution in [0.5, 0.6) is 17.2 Å². The van der Waals surface area contributed by atoms with Gasteiger partial charge in [0.25, 0.3) is 0 Å². The number of ether oxygens (including phenoxy) is 3. The molecule has 14 nitrogen and oxygen atoms in total. The van der Waals surface area contributed by atoms with Gasteiger partial charge in [0.05, 0.1) is 12.7 Å². The number of benzene rings is 2. The van der Waals surface area contributed by atoms with Crippen molar-refractivity contribution in [1.29, 1.82) is 0 Å². The van der Waals surface area contributed by atoms with E-state index in [1.807, 2.05) is 0 Å². The average Bonchev–Trinajstić information content (AvgIpc) is 2.92. The molecule has 9 N–H and O–H groups in total. The fourth-order valence-electron chi connectivity index (χ4n) is 5.11. The van der Waals surface area contributed by atoms with Crippen molar-refractivity contribution >= 4 is 11.0 Å². The lowest BCUT2D eigenvalue weighted by Crippen LogP contribution is -2.61. The Morgan fingerprint density at radius 3 is 2.27 bits per heavy atom. The van der Waals surface area contributed by atoms with Crippen LogP contribution in [0.25, 0.3) is 22.3 Å². The van der Waals surface area contributed by atoms with Gasteiger partial charge in [-0.25, -0.2) is 0 Å². The van der Waals surface area contributed by atoms with E-state index in [2.05, 4.69) is 0 Å². The number of aliphatic hydroxyl groups is 6. The van der Waals surface area contributed by atoms with Gasteiger partial charge in [0.1, 0.15) is 82.8 Å². The van der Waals surface area contributed by atoms with Crippen molar-refractivity contribution in [3.05, 3.63) is 52.2 Å². The molecule has 2 fully saturated rings. The van der Waals surface area contributed by atoms with Crippen LogP contribution in [0.3, 0.4) is 0 Å². The second kappa shape index (κ2) is 11.2. The third-order valence-corrected chi connectivity index (χ3v) is 7.38. The molecule has 0 aliphatic carbocycles. The zero-order valence-corrected chi connectivity index (χ0v) is 21.5. The molecule has 10 unspecified atom stereocenters. The highest BCUT2D eigenvalue weighted by atomic mass is 16.7. The third kappa shape index (κ3) is 5.25. The molecular weight excluding hydrogens is 548 g/mol. The molecule has 0 radical (unpaired) electrons. The molecule has 2 aliphatic rings. The Balaban J connectivity index is 1.56. The Morgan fingerprint density at radius 1 is 0.829 bits per heavy atom. The van der Waals surface area contributed by atoms with Gasteiger partial charge >= 0.3 is 0 Å². The molecule has 2 aliphatic heterocycles. The molecule has 5 rings (SSSR count). The first-order chi connectivity index (χ1) is 19.4. The maximum absolute atomic E-state index is 12.7. The van der Waals surface area contributed by atoms with E-state index in [1.54, 1.807) is 0 Å². The molecule has 0 spiro atoms. The fourth-order valence-corrected chi connectivity index (χ4v) is 5.11. The standard InChI is InChI=1S/C27H30O14/c1-9-20(33)22(35)24(37)27(38-9)41-26-23(36)21(34)18(8-28)40-25(26)12-4-10(2-3-13(12)30)16-7-15(32)19-14(31)5-11(29)6-17(19)39-16/h2-7,9,18,20-31,33-37H,8H2,1H3. The van der Waals surface area contributed by atoms with E-state index in [0.29, 0.717) is 0 Å². The molecule has 222 valence electrons. The molecule has 41 heavy (non-hydrogen) atoms. The summed E-state index contributed by atoms with van der Waals surface area (Å²) in [5.41, 5.74) is -0.575. The number of phenolic OH excluding ortho intramolecular Hbond substituents is 3. The van der Waals surface area contributed by atoms with Gasteiger partial charge in [-0.1, -0.05) is 0 Å². The van der Waals surface area contributed by atoms with Crippen molar-refractivity contribution in [2.75, 3.05) is 6.61 Å².